The van der Waals surface area contributed by atoms with E-state index in [1.807, 2.05) is 61.5 Å². The van der Waals surface area contributed by atoms with Crippen LogP contribution in [0.3, 0.4) is 0 Å². The summed E-state index contributed by atoms with van der Waals surface area (Å²) in [7, 11) is 1.71. The van der Waals surface area contributed by atoms with Gasteiger partial charge in [-0.25, -0.2) is 0 Å². The minimum atomic E-state index is -0.308. The van der Waals surface area contributed by atoms with Crippen LogP contribution in [0.4, 0.5) is 11.4 Å². The summed E-state index contributed by atoms with van der Waals surface area (Å²) in [5.74, 6) is 0.408. The number of esters is 1. The van der Waals surface area contributed by atoms with Gasteiger partial charge in [-0.05, 0) is 92.8 Å². The first-order chi connectivity index (χ1) is 21.9. The Kier molecular flexibility index (Phi) is 12.1. The zero-order chi connectivity index (χ0) is 32.0. The molecule has 0 spiro atoms. The monoisotopic (exact) mass is 608 g/mol. The molecule has 0 aromatic heterocycles. The molecule has 0 radical (unpaired) electrons. The summed E-state index contributed by atoms with van der Waals surface area (Å²) in [4.78, 5) is 39.6. The van der Waals surface area contributed by atoms with Crippen LogP contribution >= 0.6 is 0 Å². The molecule has 4 aromatic rings. The largest absolute Gasteiger partial charge is 0.491 e. The van der Waals surface area contributed by atoms with E-state index >= 15 is 0 Å². The van der Waals surface area contributed by atoms with Gasteiger partial charge in [0.05, 0.1) is 24.5 Å². The predicted molar refractivity (Wildman–Crippen MR) is 176 cm³/mol. The number of carbonyl (C=O) groups is 3. The Morgan fingerprint density at radius 3 is 2.27 bits per heavy atom. The number of ether oxygens (including phenoxy) is 3. The number of nitrogens with zero attached hydrogens (tertiary/aromatic N) is 1. The number of rotatable bonds is 15. The third kappa shape index (κ3) is 9.69. The molecule has 8 nitrogen and oxygen atoms in total. The standard InChI is InChI=1S/C37H40N2O6/c1-4-43-35(40)17-9-6-12-24-44-34-25-27(2)18-23-32(34)39(3)37(42)29-19-21-30(22-20-29)38-36(41)31-15-10-11-16-33(31)45-26-28-13-7-5-8-14-28/h5,7-8,10-11,13-16,18-23,25H,4,6,9,12,17,24,26H2,1-3H3,(H,38,41). The molecular weight excluding hydrogens is 568 g/mol. The van der Waals surface area contributed by atoms with Crippen molar-refractivity contribution >= 4 is 29.2 Å². The predicted octanol–water partition coefficient (Wildman–Crippen LogP) is 7.61. The number of hydrogen-bond donors (Lipinski definition) is 1. The van der Waals surface area contributed by atoms with Crippen molar-refractivity contribution in [3.8, 4) is 11.5 Å². The van der Waals surface area contributed by atoms with Crippen LogP contribution in [0.25, 0.3) is 0 Å². The van der Waals surface area contributed by atoms with E-state index in [-0.39, 0.29) is 17.8 Å². The molecule has 0 aliphatic heterocycles. The second-order valence-electron chi connectivity index (χ2n) is 10.6. The molecular formula is C37H40N2O6. The quantitative estimate of drug-likeness (QED) is 0.110. The number of amides is 2. The number of benzene rings is 4. The van der Waals surface area contributed by atoms with E-state index in [0.717, 1.165) is 30.4 Å². The van der Waals surface area contributed by atoms with Crippen molar-refractivity contribution in [2.75, 3.05) is 30.5 Å². The molecule has 1 N–H and O–H groups in total. The van der Waals surface area contributed by atoms with Crippen LogP contribution in [0.5, 0.6) is 11.5 Å². The zero-order valence-corrected chi connectivity index (χ0v) is 26.1. The van der Waals surface area contributed by atoms with Crippen molar-refractivity contribution in [3.05, 3.63) is 119 Å². The Morgan fingerprint density at radius 1 is 0.778 bits per heavy atom. The minimum absolute atomic E-state index is 0.176. The maximum atomic E-state index is 13.4. The number of unbranched alkanes of at least 4 members (excludes halogenated alkanes) is 2. The first-order valence-electron chi connectivity index (χ1n) is 15.2. The first kappa shape index (κ1) is 32.8. The van der Waals surface area contributed by atoms with Crippen LogP contribution < -0.4 is 19.7 Å². The van der Waals surface area contributed by atoms with Gasteiger partial charge in [-0.2, -0.15) is 0 Å². The highest BCUT2D eigenvalue weighted by atomic mass is 16.5. The van der Waals surface area contributed by atoms with E-state index in [4.69, 9.17) is 14.2 Å². The Balaban J connectivity index is 1.34. The molecule has 0 saturated carbocycles. The lowest BCUT2D eigenvalue weighted by Crippen LogP contribution is -2.27. The Morgan fingerprint density at radius 2 is 1.51 bits per heavy atom. The molecule has 0 aliphatic rings. The van der Waals surface area contributed by atoms with Crippen molar-refractivity contribution in [1.82, 2.24) is 0 Å². The van der Waals surface area contributed by atoms with Crippen LogP contribution in [0, 0.1) is 6.92 Å². The van der Waals surface area contributed by atoms with E-state index in [1.54, 1.807) is 61.3 Å². The van der Waals surface area contributed by atoms with Gasteiger partial charge in [0.25, 0.3) is 11.8 Å². The van der Waals surface area contributed by atoms with E-state index in [1.165, 1.54) is 0 Å². The summed E-state index contributed by atoms with van der Waals surface area (Å²) < 4.78 is 17.0. The molecule has 2 amide bonds. The number of aryl methyl sites for hydroxylation is 1. The fourth-order valence-corrected chi connectivity index (χ4v) is 4.69. The van der Waals surface area contributed by atoms with Crippen molar-refractivity contribution < 1.29 is 28.6 Å². The summed E-state index contributed by atoms with van der Waals surface area (Å²) in [6, 6.07) is 29.4. The van der Waals surface area contributed by atoms with Gasteiger partial charge >= 0.3 is 5.97 Å². The van der Waals surface area contributed by atoms with Crippen LogP contribution in [-0.4, -0.2) is 38.0 Å². The van der Waals surface area contributed by atoms with E-state index in [9.17, 15) is 14.4 Å². The van der Waals surface area contributed by atoms with Crippen molar-refractivity contribution in [2.45, 2.75) is 46.1 Å². The molecule has 0 aliphatic carbocycles. The van der Waals surface area contributed by atoms with Crippen molar-refractivity contribution in [2.24, 2.45) is 0 Å². The van der Waals surface area contributed by atoms with Gasteiger partial charge in [0.15, 0.2) is 0 Å². The summed E-state index contributed by atoms with van der Waals surface area (Å²) in [6.45, 7) is 4.98. The van der Waals surface area contributed by atoms with Gasteiger partial charge in [-0.15, -0.1) is 0 Å². The summed E-state index contributed by atoms with van der Waals surface area (Å²) in [5, 5.41) is 2.90. The second-order valence-corrected chi connectivity index (χ2v) is 10.6. The molecule has 4 aromatic carbocycles. The molecule has 0 fully saturated rings. The Bertz CT molecular complexity index is 1570. The maximum absolute atomic E-state index is 13.4. The number of hydrogen-bond acceptors (Lipinski definition) is 6. The molecule has 0 unspecified atom stereocenters. The number of anilines is 2. The number of carbonyl (C=O) groups excluding carboxylic acids is 3. The lowest BCUT2D eigenvalue weighted by atomic mass is 10.1. The molecule has 0 heterocycles. The van der Waals surface area contributed by atoms with E-state index in [2.05, 4.69) is 5.32 Å². The molecule has 4 rings (SSSR count). The summed E-state index contributed by atoms with van der Waals surface area (Å²) in [6.07, 6.45) is 2.76. The smallest absolute Gasteiger partial charge is 0.305 e. The van der Waals surface area contributed by atoms with Crippen LogP contribution in [0.1, 0.15) is 64.4 Å². The van der Waals surface area contributed by atoms with Gasteiger partial charge in [0.2, 0.25) is 0 Å². The van der Waals surface area contributed by atoms with Gasteiger partial charge in [-0.3, -0.25) is 14.4 Å². The Hall–Kier alpha value is -5.11. The number of para-hydroxylation sites is 1. The highest BCUT2D eigenvalue weighted by Crippen LogP contribution is 2.30. The lowest BCUT2D eigenvalue weighted by Gasteiger charge is -2.21. The van der Waals surface area contributed by atoms with Crippen molar-refractivity contribution in [1.29, 1.82) is 0 Å². The van der Waals surface area contributed by atoms with Gasteiger partial charge in [0.1, 0.15) is 18.1 Å². The van der Waals surface area contributed by atoms with E-state index in [0.29, 0.717) is 60.2 Å². The average Bonchev–Trinajstić information content (AvgIpc) is 3.06. The fourth-order valence-electron chi connectivity index (χ4n) is 4.69. The highest BCUT2D eigenvalue weighted by Gasteiger charge is 2.19. The second kappa shape index (κ2) is 16.7. The Labute approximate surface area is 264 Å². The molecule has 0 atom stereocenters. The van der Waals surface area contributed by atoms with Gasteiger partial charge < -0.3 is 24.4 Å². The maximum Gasteiger partial charge on any atom is 0.305 e. The third-order valence-corrected chi connectivity index (χ3v) is 7.13. The zero-order valence-electron chi connectivity index (χ0n) is 26.1. The normalized spacial score (nSPS) is 10.6. The molecule has 45 heavy (non-hydrogen) atoms. The topological polar surface area (TPSA) is 94.2 Å². The van der Waals surface area contributed by atoms with Crippen LogP contribution in [-0.2, 0) is 16.1 Å². The fraction of sp³-hybridized carbons (Fsp3) is 0.270. The molecule has 0 saturated heterocycles. The summed E-state index contributed by atoms with van der Waals surface area (Å²) in [5.41, 5.74) is 4.11. The minimum Gasteiger partial charge on any atom is -0.491 e. The number of nitrogens with one attached hydrogen (secondary N) is 1. The average molecular weight is 609 g/mol. The third-order valence-electron chi connectivity index (χ3n) is 7.13. The van der Waals surface area contributed by atoms with E-state index < -0.39 is 0 Å². The lowest BCUT2D eigenvalue weighted by molar-refractivity contribution is -0.143. The first-order valence-corrected chi connectivity index (χ1v) is 15.2. The SMILES string of the molecule is CCOC(=O)CCCCCOc1cc(C)ccc1N(C)C(=O)c1ccc(NC(=O)c2ccccc2OCc2ccccc2)cc1. The van der Waals surface area contributed by atoms with Gasteiger partial charge in [-0.1, -0.05) is 48.5 Å². The molecule has 234 valence electrons. The van der Waals surface area contributed by atoms with Crippen LogP contribution in [0.2, 0.25) is 0 Å². The van der Waals surface area contributed by atoms with Gasteiger partial charge in [0, 0.05) is 24.7 Å². The van der Waals surface area contributed by atoms with Crippen molar-refractivity contribution in [3.63, 3.8) is 0 Å². The summed E-state index contributed by atoms with van der Waals surface area (Å²) >= 11 is 0. The molecule has 0 bridgehead atoms. The van der Waals surface area contributed by atoms with Crippen LogP contribution in [0.15, 0.2) is 97.1 Å². The highest BCUT2D eigenvalue weighted by molar-refractivity contribution is 6.08. The molecule has 8 heteroatoms.